The van der Waals surface area contributed by atoms with Gasteiger partial charge in [0.15, 0.2) is 5.75 Å². The zero-order chi connectivity index (χ0) is 31.3. The summed E-state index contributed by atoms with van der Waals surface area (Å²) in [5.74, 6) is -1.74. The molecule has 5 aromatic rings. The van der Waals surface area contributed by atoms with Crippen LogP contribution in [-0.4, -0.2) is 23.7 Å². The molecule has 0 atom stereocenters. The fourth-order valence-electron chi connectivity index (χ4n) is 4.64. The zero-order valence-electron chi connectivity index (χ0n) is 23.3. The Hall–Kier alpha value is -4.21. The maximum Gasteiger partial charge on any atom is 0.251 e. The Morgan fingerprint density at radius 2 is 1.41 bits per heavy atom. The number of aromatic hydroxyl groups is 1. The van der Waals surface area contributed by atoms with Gasteiger partial charge in [0.2, 0.25) is 10.0 Å². The third-order valence-corrected chi connectivity index (χ3v) is 9.44. The number of amides is 1. The third kappa shape index (κ3) is 7.29. The number of nitrogens with zero attached hydrogens (tertiary/aromatic N) is 1. The van der Waals surface area contributed by atoms with E-state index in [1.807, 2.05) is 66.7 Å². The van der Waals surface area contributed by atoms with Crippen molar-refractivity contribution >= 4 is 39.1 Å². The molecule has 10 heteroatoms. The van der Waals surface area contributed by atoms with Gasteiger partial charge in [-0.3, -0.25) is 4.79 Å². The van der Waals surface area contributed by atoms with Crippen LogP contribution >= 0.6 is 23.2 Å². The Bertz CT molecular complexity index is 1890. The Balaban J connectivity index is 1.52. The van der Waals surface area contributed by atoms with Crippen LogP contribution in [0.4, 0.5) is 4.39 Å². The van der Waals surface area contributed by atoms with Crippen LogP contribution in [-0.2, 0) is 29.7 Å². The van der Waals surface area contributed by atoms with Crippen LogP contribution in [0.15, 0.2) is 120 Å². The maximum absolute atomic E-state index is 14.3. The minimum Gasteiger partial charge on any atom is -0.505 e. The van der Waals surface area contributed by atoms with Gasteiger partial charge < -0.3 is 10.4 Å². The highest BCUT2D eigenvalue weighted by Crippen LogP contribution is 2.36. The average molecular weight is 650 g/mol. The van der Waals surface area contributed by atoms with Crippen molar-refractivity contribution in [2.24, 2.45) is 0 Å². The molecule has 0 radical (unpaired) electrons. The van der Waals surface area contributed by atoms with Gasteiger partial charge in [0.25, 0.3) is 5.91 Å². The van der Waals surface area contributed by atoms with E-state index in [2.05, 4.69) is 5.32 Å². The van der Waals surface area contributed by atoms with E-state index < -0.39 is 32.4 Å². The predicted octanol–water partition coefficient (Wildman–Crippen LogP) is 7.83. The standard InChI is InChI=1S/C34H27Cl2FN2O4S/c35-30-16-13-26(25-9-5-2-6-10-25)17-28(30)22-39(21-24-11-14-29(37)15-12-24)44(42,43)32-19-27(18-31(36)33(32)40)34(41)38-20-23-7-3-1-4-8-23/h1-19,40H,20-22H2,(H,38,41). The van der Waals surface area contributed by atoms with Crippen LogP contribution in [0.2, 0.25) is 10.0 Å². The Labute approximate surface area is 265 Å². The number of carbonyl (C=O) groups is 1. The maximum atomic E-state index is 14.3. The van der Waals surface area contributed by atoms with Gasteiger partial charge in [-0.15, -0.1) is 0 Å². The highest BCUT2D eigenvalue weighted by atomic mass is 35.5. The van der Waals surface area contributed by atoms with E-state index in [1.165, 1.54) is 30.3 Å². The molecular weight excluding hydrogens is 622 g/mol. The summed E-state index contributed by atoms with van der Waals surface area (Å²) < 4.78 is 43.3. The highest BCUT2D eigenvalue weighted by Gasteiger charge is 2.31. The van der Waals surface area contributed by atoms with E-state index in [0.717, 1.165) is 27.1 Å². The summed E-state index contributed by atoms with van der Waals surface area (Å²) in [7, 11) is -4.51. The van der Waals surface area contributed by atoms with Crippen LogP contribution < -0.4 is 5.32 Å². The molecule has 0 aliphatic carbocycles. The van der Waals surface area contributed by atoms with Gasteiger partial charge in [-0.25, -0.2) is 12.8 Å². The number of phenolic OH excluding ortho intramolecular Hbond substituents is 1. The number of hydrogen-bond acceptors (Lipinski definition) is 4. The summed E-state index contributed by atoms with van der Waals surface area (Å²) >= 11 is 12.8. The minimum atomic E-state index is -4.51. The van der Waals surface area contributed by atoms with Crippen molar-refractivity contribution in [3.05, 3.63) is 153 Å². The quantitative estimate of drug-likeness (QED) is 0.162. The van der Waals surface area contributed by atoms with Gasteiger partial charge >= 0.3 is 0 Å². The molecular formula is C34H27Cl2FN2O4S. The summed E-state index contributed by atoms with van der Waals surface area (Å²) in [6.45, 7) is -0.177. The van der Waals surface area contributed by atoms with E-state index >= 15 is 0 Å². The molecule has 0 unspecified atom stereocenters. The number of sulfonamides is 1. The van der Waals surface area contributed by atoms with E-state index in [-0.39, 0.29) is 30.2 Å². The average Bonchev–Trinajstić information content (AvgIpc) is 3.03. The molecule has 0 heterocycles. The van der Waals surface area contributed by atoms with E-state index in [4.69, 9.17) is 23.2 Å². The van der Waals surface area contributed by atoms with Crippen molar-refractivity contribution in [3.8, 4) is 16.9 Å². The van der Waals surface area contributed by atoms with Gasteiger partial charge in [-0.1, -0.05) is 102 Å². The topological polar surface area (TPSA) is 86.7 Å². The molecule has 0 aliphatic rings. The summed E-state index contributed by atoms with van der Waals surface area (Å²) in [5.41, 5.74) is 3.53. The monoisotopic (exact) mass is 648 g/mol. The van der Waals surface area contributed by atoms with Crippen LogP contribution in [0.3, 0.4) is 0 Å². The molecule has 44 heavy (non-hydrogen) atoms. The lowest BCUT2D eigenvalue weighted by molar-refractivity contribution is 0.0950. The molecule has 0 aromatic heterocycles. The van der Waals surface area contributed by atoms with Crippen LogP contribution in [0.5, 0.6) is 5.75 Å². The second-order valence-electron chi connectivity index (χ2n) is 10.0. The first kappa shape index (κ1) is 31.2. The largest absolute Gasteiger partial charge is 0.505 e. The number of benzene rings is 5. The molecule has 0 saturated heterocycles. The number of phenols is 1. The number of hydrogen-bond donors (Lipinski definition) is 2. The first-order valence-electron chi connectivity index (χ1n) is 13.5. The van der Waals surface area contributed by atoms with Crippen molar-refractivity contribution in [3.63, 3.8) is 0 Å². The number of rotatable bonds is 10. The van der Waals surface area contributed by atoms with Gasteiger partial charge in [-0.05, 0) is 64.2 Å². The van der Waals surface area contributed by atoms with E-state index in [0.29, 0.717) is 16.1 Å². The van der Waals surface area contributed by atoms with E-state index in [9.17, 15) is 22.7 Å². The second-order valence-corrected chi connectivity index (χ2v) is 12.8. The van der Waals surface area contributed by atoms with Crippen molar-refractivity contribution in [1.29, 1.82) is 0 Å². The summed E-state index contributed by atoms with van der Waals surface area (Å²) in [4.78, 5) is 12.5. The molecule has 5 rings (SSSR count). The fourth-order valence-corrected chi connectivity index (χ4v) is 6.63. The summed E-state index contributed by atoms with van der Waals surface area (Å²) in [6.07, 6.45) is 0. The molecule has 6 nitrogen and oxygen atoms in total. The smallest absolute Gasteiger partial charge is 0.251 e. The van der Waals surface area contributed by atoms with Gasteiger partial charge in [0, 0.05) is 30.2 Å². The predicted molar refractivity (Wildman–Crippen MR) is 170 cm³/mol. The molecule has 0 saturated carbocycles. The lowest BCUT2D eigenvalue weighted by Crippen LogP contribution is -2.31. The van der Waals surface area contributed by atoms with E-state index in [1.54, 1.807) is 12.1 Å². The molecule has 0 bridgehead atoms. The number of nitrogens with one attached hydrogen (secondary N) is 1. The highest BCUT2D eigenvalue weighted by molar-refractivity contribution is 7.89. The molecule has 0 aliphatic heterocycles. The normalized spacial score (nSPS) is 11.5. The molecule has 0 fully saturated rings. The molecule has 2 N–H and O–H groups in total. The van der Waals surface area contributed by atoms with Gasteiger partial charge in [0.1, 0.15) is 10.7 Å². The van der Waals surface area contributed by atoms with Gasteiger partial charge in [-0.2, -0.15) is 4.31 Å². The third-order valence-electron chi connectivity index (χ3n) is 6.98. The molecule has 224 valence electrons. The van der Waals surface area contributed by atoms with Crippen LogP contribution in [0.25, 0.3) is 11.1 Å². The Morgan fingerprint density at radius 3 is 2.09 bits per heavy atom. The SMILES string of the molecule is O=C(NCc1ccccc1)c1cc(Cl)c(O)c(S(=O)(=O)N(Cc2ccc(F)cc2)Cc2cc(-c3ccccc3)ccc2Cl)c1. The number of carbonyl (C=O) groups excluding carboxylic acids is 1. The van der Waals surface area contributed by atoms with Crippen LogP contribution in [0, 0.1) is 5.82 Å². The van der Waals surface area contributed by atoms with Crippen LogP contribution in [0.1, 0.15) is 27.0 Å². The first-order valence-corrected chi connectivity index (χ1v) is 15.7. The van der Waals surface area contributed by atoms with Gasteiger partial charge in [0.05, 0.1) is 5.02 Å². The van der Waals surface area contributed by atoms with Crippen molar-refractivity contribution in [2.45, 2.75) is 24.5 Å². The second kappa shape index (κ2) is 13.6. The molecule has 1 amide bonds. The van der Waals surface area contributed by atoms with Crippen molar-refractivity contribution in [1.82, 2.24) is 9.62 Å². The molecule has 0 spiro atoms. The summed E-state index contributed by atoms with van der Waals surface area (Å²) in [6, 6.07) is 31.8. The lowest BCUT2D eigenvalue weighted by atomic mass is 10.0. The van der Waals surface area contributed by atoms with Crippen molar-refractivity contribution in [2.75, 3.05) is 0 Å². The lowest BCUT2D eigenvalue weighted by Gasteiger charge is -2.24. The summed E-state index contributed by atoms with van der Waals surface area (Å²) in [5, 5.41) is 13.6. The first-order chi connectivity index (χ1) is 21.1. The minimum absolute atomic E-state index is 0.0480. The Kier molecular flexibility index (Phi) is 9.66. The fraction of sp³-hybridized carbons (Fsp3) is 0.0882. The van der Waals surface area contributed by atoms with Crippen molar-refractivity contribution < 1.29 is 22.7 Å². The Morgan fingerprint density at radius 1 is 0.750 bits per heavy atom. The molecule has 5 aromatic carbocycles. The number of halogens is 3. The zero-order valence-corrected chi connectivity index (χ0v) is 25.6.